The second kappa shape index (κ2) is 8.76. The number of aromatic nitrogens is 2. The standard InChI is InChI=1S/C38H37BN2/c1-37(2)24-39(25-38(37,3)4)26-21-27(40-33-17-9-5-13-29(33)30-14-6-10-18-34(30)40)23-28(22-26)41-35-19-11-7-15-31(35)32-16-8-12-20-36(32)41/h5-7,9-15,17-23H,8,16,24-25H2,1-4H3. The van der Waals surface area contributed by atoms with Gasteiger partial charge < -0.3 is 9.13 Å². The average molecular weight is 533 g/mol. The highest BCUT2D eigenvalue weighted by molar-refractivity contribution is 6.74. The predicted octanol–water partition coefficient (Wildman–Crippen LogP) is 9.45. The third kappa shape index (κ3) is 3.64. The molecule has 1 aliphatic heterocycles. The highest BCUT2D eigenvalue weighted by Crippen LogP contribution is 2.52. The van der Waals surface area contributed by atoms with Gasteiger partial charge in [0, 0.05) is 33.2 Å². The summed E-state index contributed by atoms with van der Waals surface area (Å²) in [4.78, 5) is 0. The van der Waals surface area contributed by atoms with E-state index in [1.807, 2.05) is 0 Å². The van der Waals surface area contributed by atoms with Gasteiger partial charge in [-0.2, -0.15) is 0 Å². The van der Waals surface area contributed by atoms with Crippen molar-refractivity contribution in [2.24, 2.45) is 10.8 Å². The van der Waals surface area contributed by atoms with E-state index in [9.17, 15) is 0 Å². The molecule has 0 N–H and O–H groups in total. The Kier molecular flexibility index (Phi) is 5.30. The molecule has 6 aromatic rings. The number of rotatable bonds is 3. The molecule has 1 fully saturated rings. The Balaban J connectivity index is 1.44. The molecule has 202 valence electrons. The molecule has 41 heavy (non-hydrogen) atoms. The molecule has 0 radical (unpaired) electrons. The van der Waals surface area contributed by atoms with E-state index >= 15 is 0 Å². The zero-order valence-electron chi connectivity index (χ0n) is 24.6. The molecule has 0 saturated carbocycles. The molecule has 0 amide bonds. The Morgan fingerprint density at radius 3 is 1.73 bits per heavy atom. The van der Waals surface area contributed by atoms with Crippen molar-refractivity contribution in [1.29, 1.82) is 0 Å². The van der Waals surface area contributed by atoms with E-state index in [1.165, 1.54) is 73.4 Å². The van der Waals surface area contributed by atoms with Gasteiger partial charge in [0.2, 0.25) is 0 Å². The highest BCUT2D eigenvalue weighted by atomic mass is 15.0. The maximum Gasteiger partial charge on any atom is 0.177 e. The summed E-state index contributed by atoms with van der Waals surface area (Å²) in [5.74, 6) is 0. The molecule has 3 heteroatoms. The van der Waals surface area contributed by atoms with Gasteiger partial charge >= 0.3 is 0 Å². The normalized spacial score (nSPS) is 17.6. The second-order valence-corrected chi connectivity index (χ2v) is 13.7. The summed E-state index contributed by atoms with van der Waals surface area (Å²) in [6, 6.07) is 34.2. The SMILES string of the molecule is CC1(C)CB(c2cc(-n3c4c(c5ccccc53)CCC=C4)cc(-n3c4ccccc4c4ccccc43)c2)CC1(C)C. The number of para-hydroxylation sites is 3. The average Bonchev–Trinajstić information content (AvgIpc) is 3.57. The molecule has 3 heterocycles. The maximum atomic E-state index is 2.53. The molecule has 1 aliphatic carbocycles. The van der Waals surface area contributed by atoms with Crippen LogP contribution in [-0.4, -0.2) is 15.8 Å². The topological polar surface area (TPSA) is 9.86 Å². The largest absolute Gasteiger partial charge is 0.310 e. The van der Waals surface area contributed by atoms with Gasteiger partial charge in [0.25, 0.3) is 0 Å². The summed E-state index contributed by atoms with van der Waals surface area (Å²) in [5, 5.41) is 4.01. The molecule has 1 saturated heterocycles. The fourth-order valence-electron chi connectivity index (χ4n) is 7.87. The lowest BCUT2D eigenvalue weighted by Gasteiger charge is -2.35. The molecule has 8 rings (SSSR count). The van der Waals surface area contributed by atoms with Gasteiger partial charge in [-0.05, 0) is 71.7 Å². The number of fused-ring (bicyclic) bond motifs is 6. The minimum atomic E-state index is 0.294. The fraction of sp³-hybridized carbons (Fsp3) is 0.263. The fourth-order valence-corrected chi connectivity index (χ4v) is 7.87. The molecular formula is C38H37BN2. The maximum absolute atomic E-state index is 2.53. The van der Waals surface area contributed by atoms with E-state index in [0.717, 1.165) is 12.8 Å². The number of hydrogen-bond acceptors (Lipinski definition) is 0. The van der Waals surface area contributed by atoms with Crippen molar-refractivity contribution >= 4 is 51.0 Å². The van der Waals surface area contributed by atoms with E-state index in [1.54, 1.807) is 0 Å². The van der Waals surface area contributed by atoms with Crippen LogP contribution < -0.4 is 5.46 Å². The van der Waals surface area contributed by atoms with Crippen LogP contribution in [0.2, 0.25) is 12.6 Å². The zero-order chi connectivity index (χ0) is 27.9. The van der Waals surface area contributed by atoms with Crippen molar-refractivity contribution in [3.63, 3.8) is 0 Å². The second-order valence-electron chi connectivity index (χ2n) is 13.7. The summed E-state index contributed by atoms with van der Waals surface area (Å²) in [5.41, 5.74) is 11.2. The van der Waals surface area contributed by atoms with Gasteiger partial charge in [-0.25, -0.2) is 0 Å². The van der Waals surface area contributed by atoms with Crippen LogP contribution >= 0.6 is 0 Å². The summed E-state index contributed by atoms with van der Waals surface area (Å²) in [6.07, 6.45) is 9.33. The van der Waals surface area contributed by atoms with Gasteiger partial charge in [0.15, 0.2) is 6.71 Å². The Labute approximate surface area is 243 Å². The number of allylic oxidation sites excluding steroid dienone is 1. The first-order valence-electron chi connectivity index (χ1n) is 15.3. The zero-order valence-corrected chi connectivity index (χ0v) is 24.6. The molecule has 0 spiro atoms. The first-order chi connectivity index (χ1) is 19.8. The molecule has 0 bridgehead atoms. The van der Waals surface area contributed by atoms with E-state index < -0.39 is 0 Å². The van der Waals surface area contributed by atoms with E-state index in [0.29, 0.717) is 17.5 Å². The molecule has 2 aliphatic rings. The lowest BCUT2D eigenvalue weighted by Crippen LogP contribution is -2.29. The van der Waals surface area contributed by atoms with Gasteiger partial charge in [-0.3, -0.25) is 0 Å². The Hall–Kier alpha value is -3.98. The van der Waals surface area contributed by atoms with Gasteiger partial charge in [-0.15, -0.1) is 0 Å². The number of aryl methyl sites for hydroxylation is 1. The van der Waals surface area contributed by atoms with Gasteiger partial charge in [0.1, 0.15) is 0 Å². The van der Waals surface area contributed by atoms with Crippen LogP contribution in [0.15, 0.2) is 97.1 Å². The van der Waals surface area contributed by atoms with Crippen molar-refractivity contribution in [3.8, 4) is 11.4 Å². The smallest absolute Gasteiger partial charge is 0.177 e. The van der Waals surface area contributed by atoms with Crippen molar-refractivity contribution in [3.05, 3.63) is 108 Å². The van der Waals surface area contributed by atoms with Gasteiger partial charge in [-0.1, -0.05) is 106 Å². The predicted molar refractivity (Wildman–Crippen MR) is 178 cm³/mol. The van der Waals surface area contributed by atoms with Crippen LogP contribution in [0.3, 0.4) is 0 Å². The molecule has 0 atom stereocenters. The first kappa shape index (κ1) is 24.8. The Morgan fingerprint density at radius 1 is 0.610 bits per heavy atom. The summed E-state index contributed by atoms with van der Waals surface area (Å²) in [6.45, 7) is 10.4. The van der Waals surface area contributed by atoms with Crippen molar-refractivity contribution in [2.75, 3.05) is 0 Å². The van der Waals surface area contributed by atoms with E-state index in [4.69, 9.17) is 0 Å². The third-order valence-electron chi connectivity index (χ3n) is 10.7. The van der Waals surface area contributed by atoms with E-state index in [-0.39, 0.29) is 0 Å². The van der Waals surface area contributed by atoms with Gasteiger partial charge in [0.05, 0.1) is 16.6 Å². The number of benzene rings is 4. The van der Waals surface area contributed by atoms with Crippen molar-refractivity contribution < 1.29 is 0 Å². The van der Waals surface area contributed by atoms with Crippen LogP contribution in [0.5, 0.6) is 0 Å². The monoisotopic (exact) mass is 532 g/mol. The molecule has 4 aromatic carbocycles. The molecule has 2 aromatic heterocycles. The van der Waals surface area contributed by atoms with Crippen LogP contribution in [0.4, 0.5) is 0 Å². The molecular weight excluding hydrogens is 495 g/mol. The van der Waals surface area contributed by atoms with Crippen LogP contribution in [0.25, 0.3) is 50.2 Å². The minimum Gasteiger partial charge on any atom is -0.310 e. The minimum absolute atomic E-state index is 0.294. The summed E-state index contributed by atoms with van der Waals surface area (Å²) in [7, 11) is 0. The summed E-state index contributed by atoms with van der Waals surface area (Å²) >= 11 is 0. The van der Waals surface area contributed by atoms with Crippen molar-refractivity contribution in [2.45, 2.75) is 53.2 Å². The Bertz CT molecular complexity index is 1950. The highest BCUT2D eigenvalue weighted by Gasteiger charge is 2.48. The van der Waals surface area contributed by atoms with Crippen molar-refractivity contribution in [1.82, 2.24) is 9.13 Å². The van der Waals surface area contributed by atoms with Crippen LogP contribution in [-0.2, 0) is 6.42 Å². The lowest BCUT2D eigenvalue weighted by molar-refractivity contribution is 0.177. The first-order valence-corrected chi connectivity index (χ1v) is 15.3. The van der Waals surface area contributed by atoms with Crippen LogP contribution in [0, 0.1) is 10.8 Å². The van der Waals surface area contributed by atoms with E-state index in [2.05, 4.69) is 140 Å². The Morgan fingerprint density at radius 2 is 1.12 bits per heavy atom. The third-order valence-corrected chi connectivity index (χ3v) is 10.7. The number of nitrogens with zero attached hydrogens (tertiary/aromatic N) is 2. The quantitative estimate of drug-likeness (QED) is 0.201. The van der Waals surface area contributed by atoms with Crippen LogP contribution in [0.1, 0.15) is 45.4 Å². The summed E-state index contributed by atoms with van der Waals surface area (Å²) < 4.78 is 5.03. The molecule has 2 nitrogen and oxygen atoms in total. The number of hydrogen-bond donors (Lipinski definition) is 0. The lowest BCUT2D eigenvalue weighted by atomic mass is 9.42. The molecule has 0 unspecified atom stereocenters.